The zero-order valence-electron chi connectivity index (χ0n) is 13.0. The molecule has 6 heteroatoms. The maximum absolute atomic E-state index is 12.3. The average Bonchev–Trinajstić information content (AvgIpc) is 2.55. The monoisotopic (exact) mass is 323 g/mol. The summed E-state index contributed by atoms with van der Waals surface area (Å²) in [5.74, 6) is 0.285. The van der Waals surface area contributed by atoms with Gasteiger partial charge in [-0.2, -0.15) is 0 Å². The zero-order chi connectivity index (χ0) is 16.2. The van der Waals surface area contributed by atoms with Crippen molar-refractivity contribution in [1.29, 1.82) is 0 Å². The van der Waals surface area contributed by atoms with Gasteiger partial charge in [-0.1, -0.05) is 0 Å². The van der Waals surface area contributed by atoms with Gasteiger partial charge in [0.05, 0.1) is 5.41 Å². The normalized spacial score (nSPS) is 16.4. The maximum Gasteiger partial charge on any atom is 0.253 e. The number of nitrogens with one attached hydrogen (secondary N) is 1. The fraction of sp³-hybridized carbons (Fsp3) is 0.562. The average molecular weight is 324 g/mol. The molecule has 0 atom stereocenters. The Labute approximate surface area is 136 Å². The molecule has 0 aromatic carbocycles. The minimum absolute atomic E-state index is 0.0215. The highest BCUT2D eigenvalue weighted by atomic mass is 35.5. The van der Waals surface area contributed by atoms with Crippen molar-refractivity contribution >= 4 is 23.4 Å². The van der Waals surface area contributed by atoms with Crippen LogP contribution in [-0.4, -0.2) is 46.7 Å². The van der Waals surface area contributed by atoms with Crippen molar-refractivity contribution in [3.05, 3.63) is 30.1 Å². The summed E-state index contributed by atoms with van der Waals surface area (Å²) in [6.07, 6.45) is 4.77. The van der Waals surface area contributed by atoms with Gasteiger partial charge in [-0.05, 0) is 38.8 Å². The van der Waals surface area contributed by atoms with E-state index >= 15 is 0 Å². The number of pyridine rings is 1. The number of hydrogen-bond donors (Lipinski definition) is 1. The molecule has 0 unspecified atom stereocenters. The quantitative estimate of drug-likeness (QED) is 0.863. The summed E-state index contributed by atoms with van der Waals surface area (Å²) in [5.41, 5.74) is 0.0895. The summed E-state index contributed by atoms with van der Waals surface area (Å²) in [6, 6.07) is 3.55. The van der Waals surface area contributed by atoms with Gasteiger partial charge in [0.1, 0.15) is 0 Å². The second kappa shape index (κ2) is 7.09. The molecule has 1 aliphatic rings. The van der Waals surface area contributed by atoms with Crippen molar-refractivity contribution in [1.82, 2.24) is 15.2 Å². The molecule has 5 nitrogen and oxygen atoms in total. The van der Waals surface area contributed by atoms with Gasteiger partial charge < -0.3 is 10.2 Å². The number of nitrogens with zero attached hydrogens (tertiary/aromatic N) is 2. The lowest BCUT2D eigenvalue weighted by atomic mass is 9.93. The zero-order valence-corrected chi connectivity index (χ0v) is 13.8. The number of amides is 2. The highest BCUT2D eigenvalue weighted by Gasteiger charge is 2.30. The van der Waals surface area contributed by atoms with Gasteiger partial charge >= 0.3 is 0 Å². The molecular weight excluding hydrogens is 302 g/mol. The first-order valence-electron chi connectivity index (χ1n) is 7.50. The van der Waals surface area contributed by atoms with Gasteiger partial charge in [-0.15, -0.1) is 11.6 Å². The molecule has 1 saturated heterocycles. The van der Waals surface area contributed by atoms with Crippen molar-refractivity contribution in [2.75, 3.05) is 19.0 Å². The van der Waals surface area contributed by atoms with Crippen molar-refractivity contribution in [2.24, 2.45) is 5.41 Å². The molecule has 1 aromatic rings. The first kappa shape index (κ1) is 16.7. The number of piperidine rings is 1. The summed E-state index contributed by atoms with van der Waals surface area (Å²) >= 11 is 5.82. The van der Waals surface area contributed by atoms with E-state index in [-0.39, 0.29) is 23.7 Å². The molecule has 0 spiro atoms. The van der Waals surface area contributed by atoms with Gasteiger partial charge in [-0.25, -0.2) is 0 Å². The highest BCUT2D eigenvalue weighted by molar-refractivity contribution is 6.19. The summed E-state index contributed by atoms with van der Waals surface area (Å²) in [4.78, 5) is 30.2. The second-order valence-corrected chi connectivity index (χ2v) is 6.56. The van der Waals surface area contributed by atoms with Crippen LogP contribution in [0.5, 0.6) is 0 Å². The first-order chi connectivity index (χ1) is 10.4. The minimum atomic E-state index is -0.564. The van der Waals surface area contributed by atoms with Crippen LogP contribution >= 0.6 is 11.6 Å². The van der Waals surface area contributed by atoms with E-state index in [1.807, 2.05) is 18.7 Å². The van der Waals surface area contributed by atoms with E-state index in [0.29, 0.717) is 18.7 Å². The topological polar surface area (TPSA) is 62.3 Å². The Bertz CT molecular complexity index is 525. The van der Waals surface area contributed by atoms with E-state index in [0.717, 1.165) is 12.8 Å². The molecule has 1 fully saturated rings. The van der Waals surface area contributed by atoms with E-state index < -0.39 is 5.41 Å². The summed E-state index contributed by atoms with van der Waals surface area (Å²) in [5, 5.41) is 3.04. The van der Waals surface area contributed by atoms with E-state index in [1.165, 1.54) is 0 Å². The lowest BCUT2D eigenvalue weighted by Crippen LogP contribution is -2.49. The SMILES string of the molecule is CC(C)(CCl)C(=O)NC1CCN(C(=O)c2ccncc2)CC1. The van der Waals surface area contributed by atoms with Gasteiger partial charge in [-0.3, -0.25) is 14.6 Å². The number of alkyl halides is 1. The molecule has 2 rings (SSSR count). The molecule has 1 aromatic heterocycles. The summed E-state index contributed by atoms with van der Waals surface area (Å²) in [7, 11) is 0. The molecular formula is C16H22ClN3O2. The Morgan fingerprint density at radius 3 is 2.45 bits per heavy atom. The largest absolute Gasteiger partial charge is 0.353 e. The third-order valence-electron chi connectivity index (χ3n) is 3.99. The summed E-state index contributed by atoms with van der Waals surface area (Å²) < 4.78 is 0. The number of rotatable bonds is 4. The van der Waals surface area contributed by atoms with Gasteiger partial charge in [0.15, 0.2) is 0 Å². The molecule has 22 heavy (non-hydrogen) atoms. The van der Waals surface area contributed by atoms with Crippen molar-refractivity contribution < 1.29 is 9.59 Å². The summed E-state index contributed by atoms with van der Waals surface area (Å²) in [6.45, 7) is 4.95. The fourth-order valence-electron chi connectivity index (χ4n) is 2.35. The third kappa shape index (κ3) is 3.97. The Morgan fingerprint density at radius 2 is 1.91 bits per heavy atom. The van der Waals surface area contributed by atoms with Crippen LogP contribution in [0.25, 0.3) is 0 Å². The van der Waals surface area contributed by atoms with Crippen LogP contribution in [0.3, 0.4) is 0 Å². The molecule has 0 saturated carbocycles. The Kier molecular flexibility index (Phi) is 5.40. The first-order valence-corrected chi connectivity index (χ1v) is 8.04. The van der Waals surface area contributed by atoms with Crippen LogP contribution in [0.1, 0.15) is 37.0 Å². The minimum Gasteiger partial charge on any atom is -0.353 e. The van der Waals surface area contributed by atoms with Crippen molar-refractivity contribution in [3.8, 4) is 0 Å². The third-order valence-corrected chi connectivity index (χ3v) is 4.66. The molecule has 2 heterocycles. The van der Waals surface area contributed by atoms with E-state index in [2.05, 4.69) is 10.3 Å². The van der Waals surface area contributed by atoms with Gasteiger partial charge in [0.25, 0.3) is 5.91 Å². The van der Waals surface area contributed by atoms with E-state index in [9.17, 15) is 9.59 Å². The Hall–Kier alpha value is -1.62. The molecule has 0 bridgehead atoms. The molecule has 0 radical (unpaired) electrons. The van der Waals surface area contributed by atoms with Crippen LogP contribution in [0.4, 0.5) is 0 Å². The van der Waals surface area contributed by atoms with Crippen LogP contribution in [-0.2, 0) is 4.79 Å². The number of carbonyl (C=O) groups excluding carboxylic acids is 2. The number of likely N-dealkylation sites (tertiary alicyclic amines) is 1. The standard InChI is InChI=1S/C16H22ClN3O2/c1-16(2,11-17)15(22)19-13-5-9-20(10-6-13)14(21)12-3-7-18-8-4-12/h3-4,7-8,13H,5-6,9-11H2,1-2H3,(H,19,22). The van der Waals surface area contributed by atoms with Crippen LogP contribution in [0, 0.1) is 5.41 Å². The lowest BCUT2D eigenvalue weighted by Gasteiger charge is -2.34. The molecule has 1 N–H and O–H groups in total. The smallest absolute Gasteiger partial charge is 0.253 e. The van der Waals surface area contributed by atoms with Crippen LogP contribution < -0.4 is 5.32 Å². The number of aromatic nitrogens is 1. The van der Waals surface area contributed by atoms with Gasteiger partial charge in [0.2, 0.25) is 5.91 Å². The predicted molar refractivity (Wildman–Crippen MR) is 85.8 cm³/mol. The molecule has 1 aliphatic heterocycles. The molecule has 120 valence electrons. The highest BCUT2D eigenvalue weighted by Crippen LogP contribution is 2.19. The van der Waals surface area contributed by atoms with Crippen LogP contribution in [0.15, 0.2) is 24.5 Å². The second-order valence-electron chi connectivity index (χ2n) is 6.29. The Morgan fingerprint density at radius 1 is 1.32 bits per heavy atom. The maximum atomic E-state index is 12.3. The molecule has 0 aliphatic carbocycles. The van der Waals surface area contributed by atoms with E-state index in [4.69, 9.17) is 11.6 Å². The number of hydrogen-bond acceptors (Lipinski definition) is 3. The van der Waals surface area contributed by atoms with Crippen LogP contribution in [0.2, 0.25) is 0 Å². The van der Waals surface area contributed by atoms with Crippen molar-refractivity contribution in [3.63, 3.8) is 0 Å². The predicted octanol–water partition coefficient (Wildman–Crippen LogP) is 2.07. The molecule has 2 amide bonds. The number of carbonyl (C=O) groups is 2. The fourth-order valence-corrected chi connectivity index (χ4v) is 2.47. The van der Waals surface area contributed by atoms with Gasteiger partial charge in [0, 0.05) is 43.0 Å². The Balaban J connectivity index is 1.86. The van der Waals surface area contributed by atoms with E-state index in [1.54, 1.807) is 24.5 Å². The number of halogens is 1. The van der Waals surface area contributed by atoms with Crippen molar-refractivity contribution in [2.45, 2.75) is 32.7 Å². The lowest BCUT2D eigenvalue weighted by molar-refractivity contribution is -0.129.